The number of nitrogens with one attached hydrogen (secondary N) is 1. The van der Waals surface area contributed by atoms with Gasteiger partial charge in [0, 0.05) is 31.7 Å². The molecule has 1 saturated heterocycles. The Morgan fingerprint density at radius 2 is 1.95 bits per heavy atom. The van der Waals surface area contributed by atoms with Crippen LogP contribution in [0.4, 0.5) is 0 Å². The van der Waals surface area contributed by atoms with Gasteiger partial charge in [0.15, 0.2) is 0 Å². The van der Waals surface area contributed by atoms with E-state index in [0.717, 1.165) is 19.5 Å². The molecule has 1 fully saturated rings. The highest BCUT2D eigenvalue weighted by Gasteiger charge is 2.28. The molecule has 0 aromatic heterocycles. The number of aliphatic hydroxyl groups excluding tert-OH is 1. The molecule has 21 heavy (non-hydrogen) atoms. The van der Waals surface area contributed by atoms with Crippen molar-refractivity contribution in [3.63, 3.8) is 0 Å². The third kappa shape index (κ3) is 4.53. The van der Waals surface area contributed by atoms with E-state index in [1.165, 1.54) is 5.56 Å². The van der Waals surface area contributed by atoms with Crippen LogP contribution in [0.15, 0.2) is 30.3 Å². The minimum absolute atomic E-state index is 0.0530. The first-order valence-corrected chi connectivity index (χ1v) is 8.08. The number of likely N-dealkylation sites (tertiary alicyclic amines) is 1. The zero-order valence-electron chi connectivity index (χ0n) is 13.8. The molecule has 0 aliphatic carbocycles. The highest BCUT2D eigenvalue weighted by molar-refractivity contribution is 5.18. The van der Waals surface area contributed by atoms with Crippen molar-refractivity contribution in [1.29, 1.82) is 0 Å². The van der Waals surface area contributed by atoms with Crippen molar-refractivity contribution < 1.29 is 5.11 Å². The maximum atomic E-state index is 10.1. The summed E-state index contributed by atoms with van der Waals surface area (Å²) in [4.78, 5) is 2.52. The number of hydrogen-bond donors (Lipinski definition) is 2. The van der Waals surface area contributed by atoms with Gasteiger partial charge in [-0.2, -0.15) is 0 Å². The first-order valence-electron chi connectivity index (χ1n) is 8.08. The fourth-order valence-corrected chi connectivity index (χ4v) is 2.83. The highest BCUT2D eigenvalue weighted by atomic mass is 16.3. The van der Waals surface area contributed by atoms with Gasteiger partial charge < -0.3 is 10.4 Å². The van der Waals surface area contributed by atoms with Gasteiger partial charge in [-0.15, -0.1) is 0 Å². The lowest BCUT2D eigenvalue weighted by Gasteiger charge is -2.28. The molecule has 0 spiro atoms. The lowest BCUT2D eigenvalue weighted by atomic mass is 9.89. The van der Waals surface area contributed by atoms with E-state index in [1.807, 2.05) is 0 Å². The van der Waals surface area contributed by atoms with E-state index >= 15 is 0 Å². The van der Waals surface area contributed by atoms with Crippen molar-refractivity contribution in [1.82, 2.24) is 10.2 Å². The minimum atomic E-state index is -0.293. The van der Waals surface area contributed by atoms with Crippen LogP contribution in [0.2, 0.25) is 0 Å². The third-order valence-corrected chi connectivity index (χ3v) is 4.65. The van der Waals surface area contributed by atoms with Crippen LogP contribution in [-0.2, 0) is 0 Å². The van der Waals surface area contributed by atoms with Crippen molar-refractivity contribution in [2.24, 2.45) is 5.41 Å². The van der Waals surface area contributed by atoms with Crippen molar-refractivity contribution in [3.8, 4) is 0 Å². The molecule has 1 aliphatic heterocycles. The molecule has 0 saturated carbocycles. The summed E-state index contributed by atoms with van der Waals surface area (Å²) in [5.74, 6) is 0. The van der Waals surface area contributed by atoms with Crippen LogP contribution in [0.3, 0.4) is 0 Å². The molecule has 0 amide bonds. The number of rotatable bonds is 5. The quantitative estimate of drug-likeness (QED) is 0.875. The molecule has 3 unspecified atom stereocenters. The molecular formula is C18H30N2O. The first-order chi connectivity index (χ1) is 9.88. The summed E-state index contributed by atoms with van der Waals surface area (Å²) in [6.45, 7) is 11.4. The van der Waals surface area contributed by atoms with Gasteiger partial charge in [-0.3, -0.25) is 4.90 Å². The average Bonchev–Trinajstić information content (AvgIpc) is 2.92. The average molecular weight is 290 g/mol. The van der Waals surface area contributed by atoms with Crippen LogP contribution in [0.1, 0.15) is 45.7 Å². The number of benzene rings is 1. The van der Waals surface area contributed by atoms with Crippen molar-refractivity contribution in [2.45, 2.75) is 52.3 Å². The standard InChI is InChI=1S/C18H30N2O/c1-14(15-8-6-5-7-9-15)20-11-10-16(13-20)19-12-17(21)18(2,3)4/h5-9,14,16-17,19,21H,10-13H2,1-4H3. The number of hydrogen-bond acceptors (Lipinski definition) is 3. The molecule has 2 rings (SSSR count). The van der Waals surface area contributed by atoms with E-state index < -0.39 is 0 Å². The van der Waals surface area contributed by atoms with Crippen LogP contribution < -0.4 is 5.32 Å². The second kappa shape index (κ2) is 6.91. The predicted molar refractivity (Wildman–Crippen MR) is 88.3 cm³/mol. The van der Waals surface area contributed by atoms with E-state index in [9.17, 15) is 5.11 Å². The van der Waals surface area contributed by atoms with Gasteiger partial charge in [-0.25, -0.2) is 0 Å². The minimum Gasteiger partial charge on any atom is -0.391 e. The molecule has 1 aliphatic rings. The molecule has 1 heterocycles. The van der Waals surface area contributed by atoms with Gasteiger partial charge in [-0.1, -0.05) is 51.1 Å². The van der Waals surface area contributed by atoms with Crippen LogP contribution in [-0.4, -0.2) is 41.8 Å². The molecule has 0 radical (unpaired) electrons. The maximum Gasteiger partial charge on any atom is 0.0712 e. The van der Waals surface area contributed by atoms with Crippen LogP contribution >= 0.6 is 0 Å². The van der Waals surface area contributed by atoms with Crippen molar-refractivity contribution in [2.75, 3.05) is 19.6 Å². The molecule has 1 aromatic rings. The Morgan fingerprint density at radius 1 is 1.29 bits per heavy atom. The van der Waals surface area contributed by atoms with Gasteiger partial charge in [0.05, 0.1) is 6.10 Å². The Hall–Kier alpha value is -0.900. The summed E-state index contributed by atoms with van der Waals surface area (Å²) >= 11 is 0. The lowest BCUT2D eigenvalue weighted by Crippen LogP contribution is -2.42. The van der Waals surface area contributed by atoms with Crippen LogP contribution in [0, 0.1) is 5.41 Å². The second-order valence-corrected chi connectivity index (χ2v) is 7.36. The van der Waals surface area contributed by atoms with E-state index in [1.54, 1.807) is 0 Å². The van der Waals surface area contributed by atoms with E-state index in [-0.39, 0.29) is 11.5 Å². The second-order valence-electron chi connectivity index (χ2n) is 7.36. The summed E-state index contributed by atoms with van der Waals surface area (Å²) in [7, 11) is 0. The molecule has 3 heteroatoms. The Kier molecular flexibility index (Phi) is 5.42. The Morgan fingerprint density at radius 3 is 2.57 bits per heavy atom. The summed E-state index contributed by atoms with van der Waals surface area (Å²) in [6, 6.07) is 11.6. The Balaban J connectivity index is 1.81. The normalized spacial score (nSPS) is 23.2. The SMILES string of the molecule is CC(c1ccccc1)N1CCC(NCC(O)C(C)(C)C)C1. The predicted octanol–water partition coefficient (Wildman–Crippen LogP) is 2.82. The smallest absolute Gasteiger partial charge is 0.0712 e. The molecule has 3 nitrogen and oxygen atoms in total. The molecule has 2 N–H and O–H groups in total. The van der Waals surface area contributed by atoms with Crippen LogP contribution in [0.25, 0.3) is 0 Å². The summed E-state index contributed by atoms with van der Waals surface area (Å²) in [5.41, 5.74) is 1.33. The fraction of sp³-hybridized carbons (Fsp3) is 0.667. The van der Waals surface area contributed by atoms with E-state index in [4.69, 9.17) is 0 Å². The van der Waals surface area contributed by atoms with Gasteiger partial charge in [0.1, 0.15) is 0 Å². The Labute approximate surface area is 129 Å². The molecule has 1 aromatic carbocycles. The summed E-state index contributed by atoms with van der Waals surface area (Å²) < 4.78 is 0. The molecule has 3 atom stereocenters. The van der Waals surface area contributed by atoms with E-state index in [2.05, 4.69) is 68.2 Å². The van der Waals surface area contributed by atoms with Gasteiger partial charge in [0.2, 0.25) is 0 Å². The highest BCUT2D eigenvalue weighted by Crippen LogP contribution is 2.25. The lowest BCUT2D eigenvalue weighted by molar-refractivity contribution is 0.0605. The number of aliphatic hydroxyl groups is 1. The van der Waals surface area contributed by atoms with Gasteiger partial charge in [-0.05, 0) is 24.3 Å². The number of nitrogens with zero attached hydrogens (tertiary/aromatic N) is 1. The molecule has 0 bridgehead atoms. The van der Waals surface area contributed by atoms with Crippen molar-refractivity contribution >= 4 is 0 Å². The van der Waals surface area contributed by atoms with Crippen molar-refractivity contribution in [3.05, 3.63) is 35.9 Å². The third-order valence-electron chi connectivity index (χ3n) is 4.65. The zero-order valence-corrected chi connectivity index (χ0v) is 13.8. The van der Waals surface area contributed by atoms with Gasteiger partial charge >= 0.3 is 0 Å². The molecule has 118 valence electrons. The first kappa shape index (κ1) is 16.5. The van der Waals surface area contributed by atoms with E-state index in [0.29, 0.717) is 18.6 Å². The Bertz CT molecular complexity index is 427. The molecular weight excluding hydrogens is 260 g/mol. The van der Waals surface area contributed by atoms with Crippen LogP contribution in [0.5, 0.6) is 0 Å². The largest absolute Gasteiger partial charge is 0.391 e. The fourth-order valence-electron chi connectivity index (χ4n) is 2.83. The summed E-state index contributed by atoms with van der Waals surface area (Å²) in [6.07, 6.45) is 0.867. The zero-order chi connectivity index (χ0) is 15.5. The topological polar surface area (TPSA) is 35.5 Å². The monoisotopic (exact) mass is 290 g/mol. The maximum absolute atomic E-state index is 10.1. The summed E-state index contributed by atoms with van der Waals surface area (Å²) in [5, 5.41) is 13.7. The van der Waals surface area contributed by atoms with Gasteiger partial charge in [0.25, 0.3) is 0 Å².